The third-order valence-electron chi connectivity index (χ3n) is 7.49. The van der Waals surface area contributed by atoms with Crippen LogP contribution >= 0.6 is 0 Å². The van der Waals surface area contributed by atoms with Crippen molar-refractivity contribution in [3.8, 4) is 34.0 Å². The number of piperidine rings is 2. The van der Waals surface area contributed by atoms with Crippen LogP contribution in [-0.2, 0) is 0 Å². The maximum Gasteiger partial charge on any atom is 0.233 e. The molecule has 2 fully saturated rings. The van der Waals surface area contributed by atoms with E-state index in [0.29, 0.717) is 23.0 Å². The fourth-order valence-corrected chi connectivity index (χ4v) is 5.87. The van der Waals surface area contributed by atoms with E-state index in [-0.39, 0.29) is 28.1 Å². The molecule has 0 radical (unpaired) electrons. The van der Waals surface area contributed by atoms with Gasteiger partial charge in [-0.25, -0.2) is 4.39 Å². The first-order valence-corrected chi connectivity index (χ1v) is 11.9. The first kappa shape index (κ1) is 23.4. The Bertz CT molecular complexity index is 1200. The molecule has 184 valence electrons. The minimum atomic E-state index is -0.599. The summed E-state index contributed by atoms with van der Waals surface area (Å²) in [7, 11) is 3.53. The zero-order chi connectivity index (χ0) is 24.8. The molecule has 2 aromatic heterocycles. The largest absolute Gasteiger partial charge is 0.507 e. The van der Waals surface area contributed by atoms with Crippen LogP contribution in [0.1, 0.15) is 46.0 Å². The smallest absolute Gasteiger partial charge is 0.233 e. The first-order valence-electron chi connectivity index (χ1n) is 11.9. The van der Waals surface area contributed by atoms with Crippen LogP contribution in [0.4, 0.5) is 10.2 Å². The van der Waals surface area contributed by atoms with Gasteiger partial charge in [0.15, 0.2) is 5.82 Å². The maximum absolute atomic E-state index is 15.1. The number of ether oxygens (including phenoxy) is 1. The Morgan fingerprint density at radius 1 is 1.06 bits per heavy atom. The first-order chi connectivity index (χ1) is 16.7. The van der Waals surface area contributed by atoms with Crippen LogP contribution in [0.5, 0.6) is 11.6 Å². The Morgan fingerprint density at radius 3 is 2.43 bits per heavy atom. The highest BCUT2D eigenvalue weighted by molar-refractivity contribution is 5.75. The van der Waals surface area contributed by atoms with Gasteiger partial charge in [0.25, 0.3) is 0 Å². The molecule has 2 N–H and O–H groups in total. The average Bonchev–Trinajstić information content (AvgIpc) is 2.82. The van der Waals surface area contributed by atoms with Crippen LogP contribution < -0.4 is 15.0 Å². The number of benzene rings is 1. The molecule has 2 aliphatic heterocycles. The van der Waals surface area contributed by atoms with Crippen molar-refractivity contribution in [2.24, 2.45) is 0 Å². The summed E-state index contributed by atoms with van der Waals surface area (Å²) in [6, 6.07) is 8.32. The molecule has 0 saturated carbocycles. The molecule has 3 aromatic rings. The van der Waals surface area contributed by atoms with Gasteiger partial charge in [-0.3, -0.25) is 0 Å². The van der Waals surface area contributed by atoms with Crippen LogP contribution in [0.3, 0.4) is 0 Å². The van der Waals surface area contributed by atoms with Gasteiger partial charge in [-0.2, -0.15) is 5.10 Å². The monoisotopic (exact) mass is 478 g/mol. The van der Waals surface area contributed by atoms with E-state index in [2.05, 4.69) is 44.5 Å². The van der Waals surface area contributed by atoms with Crippen molar-refractivity contribution in [1.82, 2.24) is 25.7 Å². The minimum Gasteiger partial charge on any atom is -0.507 e. The van der Waals surface area contributed by atoms with E-state index in [1.165, 1.54) is 44.7 Å². The Hall–Kier alpha value is -3.33. The number of rotatable bonds is 5. The second kappa shape index (κ2) is 8.71. The molecule has 9 heteroatoms. The molecule has 5 rings (SSSR count). The van der Waals surface area contributed by atoms with Crippen molar-refractivity contribution in [2.45, 2.75) is 63.1 Å². The van der Waals surface area contributed by atoms with Gasteiger partial charge in [0.1, 0.15) is 11.6 Å². The number of phenols is 1. The van der Waals surface area contributed by atoms with E-state index in [0.717, 1.165) is 18.7 Å². The summed E-state index contributed by atoms with van der Waals surface area (Å²) in [6.07, 6.45) is 7.16. The predicted octanol–water partition coefficient (Wildman–Crippen LogP) is 4.34. The molecule has 8 nitrogen and oxygen atoms in total. The van der Waals surface area contributed by atoms with E-state index in [4.69, 9.17) is 4.74 Å². The number of halogens is 1. The standard InChI is InChI=1S/C26H31FN6O2/c1-25-8-5-9-26(2,32-25)14-18(13-25)33(3)22-7-6-20(29-30-22)24-19(27)10-16(11-21(24)34)17-12-23(35-4)31-28-15-17/h6-7,10-12,15,18,32,34H,5,8-9,13-14H2,1-4H3/t18?,25-,26+. The number of anilines is 1. The molecular formula is C26H31FN6O2. The second-order valence-corrected chi connectivity index (χ2v) is 10.4. The number of hydrogen-bond acceptors (Lipinski definition) is 8. The van der Waals surface area contributed by atoms with E-state index >= 15 is 4.39 Å². The lowest BCUT2D eigenvalue weighted by molar-refractivity contribution is 0.0784. The molecule has 0 amide bonds. The summed E-state index contributed by atoms with van der Waals surface area (Å²) < 4.78 is 20.2. The number of nitrogens with one attached hydrogen (secondary N) is 1. The van der Waals surface area contributed by atoms with E-state index < -0.39 is 5.82 Å². The molecule has 35 heavy (non-hydrogen) atoms. The van der Waals surface area contributed by atoms with Gasteiger partial charge >= 0.3 is 0 Å². The van der Waals surface area contributed by atoms with Gasteiger partial charge < -0.3 is 20.1 Å². The predicted molar refractivity (Wildman–Crippen MR) is 132 cm³/mol. The zero-order valence-corrected chi connectivity index (χ0v) is 20.5. The third kappa shape index (κ3) is 4.52. The summed E-state index contributed by atoms with van der Waals surface area (Å²) in [5.74, 6) is 0.214. The van der Waals surface area contributed by atoms with Crippen molar-refractivity contribution < 1.29 is 14.2 Å². The molecular weight excluding hydrogens is 447 g/mol. The fraction of sp³-hybridized carbons (Fsp3) is 0.462. The fourth-order valence-electron chi connectivity index (χ4n) is 5.87. The Morgan fingerprint density at radius 2 is 1.80 bits per heavy atom. The number of phenolic OH excluding ortho intramolecular Hbond substituents is 1. The van der Waals surface area contributed by atoms with Gasteiger partial charge in [-0.15, -0.1) is 15.3 Å². The molecule has 4 heterocycles. The number of methoxy groups -OCH3 is 1. The van der Waals surface area contributed by atoms with Gasteiger partial charge in [-0.05, 0) is 75.8 Å². The molecule has 1 aromatic carbocycles. The summed E-state index contributed by atoms with van der Waals surface area (Å²) in [6.45, 7) is 4.62. The lowest BCUT2D eigenvalue weighted by Crippen LogP contribution is -2.66. The minimum absolute atomic E-state index is 0.0147. The summed E-state index contributed by atoms with van der Waals surface area (Å²) in [4.78, 5) is 2.18. The topological polar surface area (TPSA) is 96.3 Å². The van der Waals surface area contributed by atoms with Crippen molar-refractivity contribution in [1.29, 1.82) is 0 Å². The highest BCUT2D eigenvalue weighted by Gasteiger charge is 2.46. The van der Waals surface area contributed by atoms with E-state index in [1.54, 1.807) is 12.1 Å². The number of aromatic hydroxyl groups is 1. The third-order valence-corrected chi connectivity index (χ3v) is 7.49. The maximum atomic E-state index is 15.1. The molecule has 3 atom stereocenters. The van der Waals surface area contributed by atoms with Crippen LogP contribution in [0.25, 0.3) is 22.4 Å². The second-order valence-electron chi connectivity index (χ2n) is 10.4. The average molecular weight is 479 g/mol. The molecule has 0 spiro atoms. The van der Waals surface area contributed by atoms with Gasteiger partial charge in [0, 0.05) is 35.8 Å². The van der Waals surface area contributed by atoms with Crippen molar-refractivity contribution in [3.63, 3.8) is 0 Å². The highest BCUT2D eigenvalue weighted by Crippen LogP contribution is 2.42. The summed E-state index contributed by atoms with van der Waals surface area (Å²) >= 11 is 0. The van der Waals surface area contributed by atoms with Crippen LogP contribution in [0.2, 0.25) is 0 Å². The number of hydrogen-bond donors (Lipinski definition) is 2. The van der Waals surface area contributed by atoms with Crippen LogP contribution in [0.15, 0.2) is 36.5 Å². The quantitative estimate of drug-likeness (QED) is 0.559. The van der Waals surface area contributed by atoms with E-state index in [1.807, 2.05) is 13.1 Å². The lowest BCUT2D eigenvalue weighted by Gasteiger charge is -2.55. The normalized spacial score (nSPS) is 25.8. The van der Waals surface area contributed by atoms with Crippen molar-refractivity contribution in [3.05, 3.63) is 42.3 Å². The Labute approximate surface area is 204 Å². The lowest BCUT2D eigenvalue weighted by atomic mass is 9.69. The molecule has 1 unspecified atom stereocenters. The zero-order valence-electron chi connectivity index (χ0n) is 20.5. The van der Waals surface area contributed by atoms with Gasteiger partial charge in [-0.1, -0.05) is 0 Å². The highest BCUT2D eigenvalue weighted by atomic mass is 19.1. The number of aromatic nitrogens is 4. The van der Waals surface area contributed by atoms with Gasteiger partial charge in [0.2, 0.25) is 5.88 Å². The molecule has 0 aliphatic carbocycles. The van der Waals surface area contributed by atoms with Crippen molar-refractivity contribution in [2.75, 3.05) is 19.1 Å². The van der Waals surface area contributed by atoms with Crippen LogP contribution in [0, 0.1) is 5.82 Å². The van der Waals surface area contributed by atoms with Gasteiger partial charge in [0.05, 0.1) is 24.6 Å². The Balaban J connectivity index is 1.39. The van der Waals surface area contributed by atoms with E-state index in [9.17, 15) is 5.11 Å². The molecule has 2 aliphatic rings. The summed E-state index contributed by atoms with van der Waals surface area (Å²) in [5, 5.41) is 30.9. The van der Waals surface area contributed by atoms with Crippen LogP contribution in [-0.4, -0.2) is 56.8 Å². The van der Waals surface area contributed by atoms with Crippen molar-refractivity contribution >= 4 is 5.82 Å². The summed E-state index contributed by atoms with van der Waals surface area (Å²) in [5.41, 5.74) is 1.58. The SMILES string of the molecule is COc1cc(-c2cc(O)c(-c3ccc(N(C)C4C[C@]5(C)CCC[C@](C)(C4)N5)nn3)c(F)c2)cnn1. The molecule has 2 saturated heterocycles. The Kier molecular flexibility index (Phi) is 5.83. The number of nitrogens with zero attached hydrogens (tertiary/aromatic N) is 5. The molecule has 2 bridgehead atoms. The number of fused-ring (bicyclic) bond motifs is 2.